The topological polar surface area (TPSA) is 23.8 Å². The second-order valence-corrected chi connectivity index (χ2v) is 3.18. The molecule has 1 aromatic carbocycles. The molecule has 0 N–H and O–H groups in total. The van der Waals surface area contributed by atoms with Gasteiger partial charge in [0.25, 0.3) is 0 Å². The number of benzene rings is 1. The summed E-state index contributed by atoms with van der Waals surface area (Å²) in [5.41, 5.74) is -1.41. The predicted octanol–water partition coefficient (Wildman–Crippen LogP) is 3.56. The highest BCUT2D eigenvalue weighted by Crippen LogP contribution is 2.34. The third kappa shape index (κ3) is 2.60. The lowest BCUT2D eigenvalue weighted by atomic mass is 10.1. The summed E-state index contributed by atoms with van der Waals surface area (Å²) < 4.78 is 49.8. The fourth-order valence-electron chi connectivity index (χ4n) is 1.04. The second-order valence-electron chi connectivity index (χ2n) is 2.77. The first-order valence-corrected chi connectivity index (χ1v) is 4.16. The SMILES string of the molecule is N#CCc1cc(Cl)c(F)c(C(F)(F)F)c1. The molecule has 0 spiro atoms. The summed E-state index contributed by atoms with van der Waals surface area (Å²) in [6.07, 6.45) is -5.05. The van der Waals surface area contributed by atoms with E-state index in [1.807, 2.05) is 0 Å². The number of nitriles is 1. The summed E-state index contributed by atoms with van der Waals surface area (Å²) in [4.78, 5) is 0. The highest BCUT2D eigenvalue weighted by atomic mass is 35.5. The van der Waals surface area contributed by atoms with Gasteiger partial charge in [0, 0.05) is 0 Å². The molecule has 15 heavy (non-hydrogen) atoms. The van der Waals surface area contributed by atoms with E-state index in [4.69, 9.17) is 16.9 Å². The first-order valence-electron chi connectivity index (χ1n) is 3.78. The zero-order valence-corrected chi connectivity index (χ0v) is 7.95. The van der Waals surface area contributed by atoms with Crippen LogP contribution in [0.2, 0.25) is 5.02 Å². The number of rotatable bonds is 1. The van der Waals surface area contributed by atoms with Crippen molar-refractivity contribution >= 4 is 11.6 Å². The van der Waals surface area contributed by atoms with Crippen molar-refractivity contribution in [2.45, 2.75) is 12.6 Å². The monoisotopic (exact) mass is 237 g/mol. The van der Waals surface area contributed by atoms with E-state index < -0.39 is 22.6 Å². The van der Waals surface area contributed by atoms with Gasteiger partial charge in [-0.05, 0) is 17.7 Å². The highest BCUT2D eigenvalue weighted by molar-refractivity contribution is 6.30. The largest absolute Gasteiger partial charge is 0.419 e. The van der Waals surface area contributed by atoms with Gasteiger partial charge in [-0.3, -0.25) is 0 Å². The molecule has 0 aliphatic carbocycles. The Labute approximate surface area is 87.9 Å². The summed E-state index contributed by atoms with van der Waals surface area (Å²) in [6.45, 7) is 0. The van der Waals surface area contributed by atoms with Gasteiger partial charge in [-0.2, -0.15) is 18.4 Å². The first kappa shape index (κ1) is 11.8. The van der Waals surface area contributed by atoms with Gasteiger partial charge in [-0.1, -0.05) is 11.6 Å². The average molecular weight is 238 g/mol. The molecule has 1 rings (SSSR count). The maximum atomic E-state index is 13.0. The molecule has 6 heteroatoms. The predicted molar refractivity (Wildman–Crippen MR) is 45.7 cm³/mol. The second kappa shape index (κ2) is 4.07. The van der Waals surface area contributed by atoms with E-state index in [-0.39, 0.29) is 12.0 Å². The maximum Gasteiger partial charge on any atom is 0.419 e. The van der Waals surface area contributed by atoms with E-state index in [0.717, 1.165) is 6.07 Å². The van der Waals surface area contributed by atoms with Crippen LogP contribution in [0, 0.1) is 17.1 Å². The molecule has 0 amide bonds. The van der Waals surface area contributed by atoms with Crippen molar-refractivity contribution in [2.75, 3.05) is 0 Å². The van der Waals surface area contributed by atoms with Crippen LogP contribution in [-0.4, -0.2) is 0 Å². The van der Waals surface area contributed by atoms with Gasteiger partial charge in [-0.15, -0.1) is 0 Å². The van der Waals surface area contributed by atoms with Gasteiger partial charge in [0.1, 0.15) is 0 Å². The van der Waals surface area contributed by atoms with E-state index in [9.17, 15) is 17.6 Å². The minimum absolute atomic E-state index is 0.0382. The van der Waals surface area contributed by atoms with Crippen LogP contribution in [-0.2, 0) is 12.6 Å². The Balaban J connectivity index is 3.33. The Kier molecular flexibility index (Phi) is 3.20. The molecule has 0 fully saturated rings. The summed E-state index contributed by atoms with van der Waals surface area (Å²) >= 11 is 5.28. The molecule has 1 aromatic rings. The molecule has 0 saturated heterocycles. The third-order valence-electron chi connectivity index (χ3n) is 1.68. The molecular formula is C9H4ClF4N. The van der Waals surface area contributed by atoms with Gasteiger partial charge in [0.15, 0.2) is 5.82 Å². The summed E-state index contributed by atoms with van der Waals surface area (Å²) in [6, 6.07) is 3.26. The van der Waals surface area contributed by atoms with Crippen LogP contribution in [0.3, 0.4) is 0 Å². The number of hydrogen-bond acceptors (Lipinski definition) is 1. The van der Waals surface area contributed by atoms with Crippen LogP contribution in [0.5, 0.6) is 0 Å². The van der Waals surface area contributed by atoms with Crippen molar-refractivity contribution in [3.8, 4) is 6.07 Å². The van der Waals surface area contributed by atoms with Crippen LogP contribution in [0.1, 0.15) is 11.1 Å². The molecule has 0 atom stereocenters. The van der Waals surface area contributed by atoms with Gasteiger partial charge in [0.2, 0.25) is 0 Å². The Morgan fingerprint density at radius 2 is 1.93 bits per heavy atom. The van der Waals surface area contributed by atoms with E-state index in [1.165, 1.54) is 0 Å². The molecule has 1 nitrogen and oxygen atoms in total. The summed E-state index contributed by atoms with van der Waals surface area (Å²) in [7, 11) is 0. The molecule has 0 aliphatic heterocycles. The number of alkyl halides is 3. The van der Waals surface area contributed by atoms with Crippen molar-refractivity contribution in [3.05, 3.63) is 34.1 Å². The van der Waals surface area contributed by atoms with E-state index >= 15 is 0 Å². The van der Waals surface area contributed by atoms with Gasteiger partial charge < -0.3 is 0 Å². The van der Waals surface area contributed by atoms with E-state index in [0.29, 0.717) is 6.07 Å². The van der Waals surface area contributed by atoms with Crippen molar-refractivity contribution in [3.63, 3.8) is 0 Å². The Hall–Kier alpha value is -1.28. The smallest absolute Gasteiger partial charge is 0.205 e. The Morgan fingerprint density at radius 1 is 1.33 bits per heavy atom. The molecule has 80 valence electrons. The lowest BCUT2D eigenvalue weighted by molar-refractivity contribution is -0.140. The quantitative estimate of drug-likeness (QED) is 0.685. The molecule has 0 radical (unpaired) electrons. The third-order valence-corrected chi connectivity index (χ3v) is 1.95. The highest BCUT2D eigenvalue weighted by Gasteiger charge is 2.35. The average Bonchev–Trinajstić information content (AvgIpc) is 2.09. The number of nitrogens with zero attached hydrogens (tertiary/aromatic N) is 1. The Morgan fingerprint density at radius 3 is 2.40 bits per heavy atom. The van der Waals surface area contributed by atoms with Crippen LogP contribution >= 0.6 is 11.6 Å². The van der Waals surface area contributed by atoms with Gasteiger partial charge >= 0.3 is 6.18 Å². The van der Waals surface area contributed by atoms with Crippen LogP contribution < -0.4 is 0 Å². The molecule has 0 saturated carbocycles. The van der Waals surface area contributed by atoms with Crippen molar-refractivity contribution < 1.29 is 17.6 Å². The number of halogens is 5. The standard InChI is InChI=1S/C9H4ClF4N/c10-7-4-5(1-2-15)3-6(8(7)11)9(12,13)14/h3-4H,1H2. The summed E-state index contributed by atoms with van der Waals surface area (Å²) in [5, 5.41) is 7.68. The van der Waals surface area contributed by atoms with Crippen LogP contribution in [0.4, 0.5) is 17.6 Å². The minimum atomic E-state index is -4.81. The molecule has 0 bridgehead atoms. The Bertz CT molecular complexity index is 419. The summed E-state index contributed by atoms with van der Waals surface area (Å²) in [5.74, 6) is -1.51. The van der Waals surface area contributed by atoms with E-state index in [2.05, 4.69) is 0 Å². The van der Waals surface area contributed by atoms with Crippen molar-refractivity contribution in [2.24, 2.45) is 0 Å². The van der Waals surface area contributed by atoms with Crippen molar-refractivity contribution in [1.82, 2.24) is 0 Å². The van der Waals surface area contributed by atoms with Gasteiger partial charge in [0.05, 0.1) is 23.1 Å². The molecule has 0 aromatic heterocycles. The van der Waals surface area contributed by atoms with Crippen LogP contribution in [0.15, 0.2) is 12.1 Å². The fourth-order valence-corrected chi connectivity index (χ4v) is 1.29. The molecule has 0 aliphatic rings. The zero-order valence-electron chi connectivity index (χ0n) is 7.20. The molecule has 0 heterocycles. The number of hydrogen-bond donors (Lipinski definition) is 0. The van der Waals surface area contributed by atoms with Gasteiger partial charge in [-0.25, -0.2) is 4.39 Å². The molecule has 0 unspecified atom stereocenters. The molecular weight excluding hydrogens is 234 g/mol. The fraction of sp³-hybridized carbons (Fsp3) is 0.222. The van der Waals surface area contributed by atoms with E-state index in [1.54, 1.807) is 6.07 Å². The lowest BCUT2D eigenvalue weighted by Gasteiger charge is -2.10. The first-order chi connectivity index (χ1) is 6.86. The zero-order chi connectivity index (χ0) is 11.6. The lowest BCUT2D eigenvalue weighted by Crippen LogP contribution is -2.09. The normalized spacial score (nSPS) is 11.2. The van der Waals surface area contributed by atoms with Crippen LogP contribution in [0.25, 0.3) is 0 Å². The maximum absolute atomic E-state index is 13.0. The van der Waals surface area contributed by atoms with Crippen molar-refractivity contribution in [1.29, 1.82) is 5.26 Å². The minimum Gasteiger partial charge on any atom is -0.205 e.